The van der Waals surface area contributed by atoms with E-state index < -0.39 is 0 Å². The van der Waals surface area contributed by atoms with E-state index in [0.29, 0.717) is 5.92 Å². The van der Waals surface area contributed by atoms with E-state index in [1.165, 1.54) is 12.8 Å². The largest absolute Gasteiger partial charge is 0.330 e. The van der Waals surface area contributed by atoms with Gasteiger partial charge in [0.25, 0.3) is 0 Å². The van der Waals surface area contributed by atoms with Crippen LogP contribution in [-0.4, -0.2) is 18.1 Å². The first-order valence-corrected chi connectivity index (χ1v) is 6.46. The lowest BCUT2D eigenvalue weighted by atomic mass is 10.0. The molecule has 0 spiro atoms. The molecule has 86 valence electrons. The number of aryl methyl sites for hydroxylation is 1. The predicted octanol–water partition coefficient (Wildman–Crippen LogP) is 1.92. The van der Waals surface area contributed by atoms with Gasteiger partial charge in [-0.05, 0) is 32.4 Å². The lowest BCUT2D eigenvalue weighted by Gasteiger charge is -2.13. The van der Waals surface area contributed by atoms with Crippen LogP contribution in [0, 0.1) is 12.8 Å². The number of hydrogen-bond acceptors (Lipinski definition) is 4. The van der Waals surface area contributed by atoms with Gasteiger partial charge < -0.3 is 11.1 Å². The molecule has 0 radical (unpaired) electrons. The van der Waals surface area contributed by atoms with Crippen molar-refractivity contribution in [1.29, 1.82) is 0 Å². The fraction of sp³-hybridized carbons (Fsp3) is 0.727. The highest BCUT2D eigenvalue weighted by molar-refractivity contribution is 7.09. The van der Waals surface area contributed by atoms with Crippen molar-refractivity contribution in [3.8, 4) is 0 Å². The Labute approximate surface area is 96.1 Å². The normalized spacial score (nSPS) is 13.0. The maximum Gasteiger partial charge on any atom is 0.0897 e. The third-order valence-electron chi connectivity index (χ3n) is 2.44. The van der Waals surface area contributed by atoms with Crippen LogP contribution in [0.4, 0.5) is 0 Å². The molecule has 3 N–H and O–H groups in total. The molecule has 15 heavy (non-hydrogen) atoms. The van der Waals surface area contributed by atoms with Gasteiger partial charge in [-0.3, -0.25) is 0 Å². The number of aromatic nitrogens is 1. The Morgan fingerprint density at radius 2 is 2.40 bits per heavy atom. The summed E-state index contributed by atoms with van der Waals surface area (Å²) in [5.74, 6) is 0.606. The quantitative estimate of drug-likeness (QED) is 0.748. The number of nitrogens with one attached hydrogen (secondary N) is 1. The van der Waals surface area contributed by atoms with Gasteiger partial charge in [-0.1, -0.05) is 13.3 Å². The average molecular weight is 227 g/mol. The topological polar surface area (TPSA) is 50.9 Å². The second-order valence-electron chi connectivity index (χ2n) is 3.88. The van der Waals surface area contributed by atoms with E-state index in [0.717, 1.165) is 30.3 Å². The lowest BCUT2D eigenvalue weighted by molar-refractivity contribution is 0.448. The third-order valence-corrected chi connectivity index (χ3v) is 3.26. The monoisotopic (exact) mass is 227 g/mol. The fourth-order valence-electron chi connectivity index (χ4n) is 1.61. The molecule has 0 amide bonds. The molecule has 1 heterocycles. The van der Waals surface area contributed by atoms with Crippen molar-refractivity contribution in [2.45, 2.75) is 33.2 Å². The first-order chi connectivity index (χ1) is 7.26. The molecular formula is C11H21N3S. The van der Waals surface area contributed by atoms with Crippen molar-refractivity contribution in [2.75, 3.05) is 13.1 Å². The maximum atomic E-state index is 5.69. The van der Waals surface area contributed by atoms with Gasteiger partial charge in [0, 0.05) is 11.9 Å². The SMILES string of the molecule is CCCC(CN)CNCc1csc(C)n1. The summed E-state index contributed by atoms with van der Waals surface area (Å²) in [6.07, 6.45) is 2.42. The Kier molecular flexibility index (Phi) is 5.83. The molecule has 0 saturated carbocycles. The van der Waals surface area contributed by atoms with Crippen LogP contribution in [0.3, 0.4) is 0 Å². The lowest BCUT2D eigenvalue weighted by Crippen LogP contribution is -2.27. The minimum absolute atomic E-state index is 0.606. The Hall–Kier alpha value is -0.450. The summed E-state index contributed by atoms with van der Waals surface area (Å²) in [5, 5.41) is 6.66. The molecule has 0 aromatic carbocycles. The number of rotatable bonds is 7. The second-order valence-corrected chi connectivity index (χ2v) is 4.94. The molecule has 0 saturated heterocycles. The van der Waals surface area contributed by atoms with Crippen LogP contribution in [0.5, 0.6) is 0 Å². The van der Waals surface area contributed by atoms with Crippen molar-refractivity contribution in [2.24, 2.45) is 11.7 Å². The van der Waals surface area contributed by atoms with Gasteiger partial charge in [0.15, 0.2) is 0 Å². The van der Waals surface area contributed by atoms with Crippen LogP contribution in [0.1, 0.15) is 30.5 Å². The van der Waals surface area contributed by atoms with Crippen molar-refractivity contribution in [3.05, 3.63) is 16.1 Å². The number of hydrogen-bond donors (Lipinski definition) is 2. The highest BCUT2D eigenvalue weighted by Gasteiger charge is 2.05. The summed E-state index contributed by atoms with van der Waals surface area (Å²) in [7, 11) is 0. The van der Waals surface area contributed by atoms with E-state index in [1.807, 2.05) is 6.92 Å². The van der Waals surface area contributed by atoms with E-state index >= 15 is 0 Å². The molecular weight excluding hydrogens is 206 g/mol. The van der Waals surface area contributed by atoms with Crippen LogP contribution in [0.15, 0.2) is 5.38 Å². The van der Waals surface area contributed by atoms with Gasteiger partial charge in [0.2, 0.25) is 0 Å². The third kappa shape index (κ3) is 4.73. The Morgan fingerprint density at radius 3 is 2.93 bits per heavy atom. The van der Waals surface area contributed by atoms with E-state index in [1.54, 1.807) is 11.3 Å². The summed E-state index contributed by atoms with van der Waals surface area (Å²) in [5.41, 5.74) is 6.83. The van der Waals surface area contributed by atoms with Crippen molar-refractivity contribution in [3.63, 3.8) is 0 Å². The van der Waals surface area contributed by atoms with E-state index in [9.17, 15) is 0 Å². The molecule has 0 bridgehead atoms. The fourth-order valence-corrected chi connectivity index (χ4v) is 2.22. The van der Waals surface area contributed by atoms with Gasteiger partial charge >= 0.3 is 0 Å². The summed E-state index contributed by atoms with van der Waals surface area (Å²) in [6.45, 7) is 6.88. The van der Waals surface area contributed by atoms with Crippen LogP contribution in [0.25, 0.3) is 0 Å². The second kappa shape index (κ2) is 6.93. The molecule has 0 aliphatic heterocycles. The minimum atomic E-state index is 0.606. The minimum Gasteiger partial charge on any atom is -0.330 e. The molecule has 1 aromatic rings. The number of nitrogens with zero attached hydrogens (tertiary/aromatic N) is 1. The van der Waals surface area contributed by atoms with Gasteiger partial charge in [-0.15, -0.1) is 11.3 Å². The average Bonchev–Trinajstić information content (AvgIpc) is 2.63. The van der Waals surface area contributed by atoms with Crippen LogP contribution >= 0.6 is 11.3 Å². The molecule has 0 aliphatic rings. The first-order valence-electron chi connectivity index (χ1n) is 5.58. The summed E-state index contributed by atoms with van der Waals surface area (Å²) in [4.78, 5) is 4.40. The number of thiazole rings is 1. The number of nitrogens with two attached hydrogens (primary N) is 1. The smallest absolute Gasteiger partial charge is 0.0897 e. The van der Waals surface area contributed by atoms with Gasteiger partial charge in [0.1, 0.15) is 0 Å². The molecule has 1 aromatic heterocycles. The zero-order chi connectivity index (χ0) is 11.1. The van der Waals surface area contributed by atoms with Gasteiger partial charge in [-0.25, -0.2) is 4.98 Å². The Morgan fingerprint density at radius 1 is 1.60 bits per heavy atom. The summed E-state index contributed by atoms with van der Waals surface area (Å²) < 4.78 is 0. The first kappa shape index (κ1) is 12.6. The van der Waals surface area contributed by atoms with E-state index in [-0.39, 0.29) is 0 Å². The maximum absolute atomic E-state index is 5.69. The van der Waals surface area contributed by atoms with Crippen molar-refractivity contribution < 1.29 is 0 Å². The Bertz CT molecular complexity index is 273. The highest BCUT2D eigenvalue weighted by atomic mass is 32.1. The van der Waals surface area contributed by atoms with Crippen molar-refractivity contribution >= 4 is 11.3 Å². The van der Waals surface area contributed by atoms with Crippen LogP contribution in [0.2, 0.25) is 0 Å². The molecule has 4 heteroatoms. The zero-order valence-electron chi connectivity index (χ0n) is 9.62. The van der Waals surface area contributed by atoms with Crippen LogP contribution < -0.4 is 11.1 Å². The van der Waals surface area contributed by atoms with E-state index in [4.69, 9.17) is 5.73 Å². The molecule has 1 rings (SSSR count). The van der Waals surface area contributed by atoms with Gasteiger partial charge in [-0.2, -0.15) is 0 Å². The van der Waals surface area contributed by atoms with Crippen LogP contribution in [-0.2, 0) is 6.54 Å². The van der Waals surface area contributed by atoms with E-state index in [2.05, 4.69) is 22.6 Å². The molecule has 1 atom stereocenters. The highest BCUT2D eigenvalue weighted by Crippen LogP contribution is 2.08. The van der Waals surface area contributed by atoms with Gasteiger partial charge in [0.05, 0.1) is 10.7 Å². The van der Waals surface area contributed by atoms with Crippen molar-refractivity contribution in [1.82, 2.24) is 10.3 Å². The molecule has 1 unspecified atom stereocenters. The summed E-state index contributed by atoms with van der Waals surface area (Å²) >= 11 is 1.70. The molecule has 0 fully saturated rings. The predicted molar refractivity (Wildman–Crippen MR) is 66.0 cm³/mol. The molecule has 3 nitrogen and oxygen atoms in total. The summed E-state index contributed by atoms with van der Waals surface area (Å²) in [6, 6.07) is 0. The standard InChI is InChI=1S/C11H21N3S/c1-3-4-10(5-12)6-13-7-11-8-15-9(2)14-11/h8,10,13H,3-7,12H2,1-2H3. The zero-order valence-corrected chi connectivity index (χ0v) is 10.4. The Balaban J connectivity index is 2.20. The molecule has 0 aliphatic carbocycles.